The molecule has 3 nitrogen and oxygen atoms in total. The largest absolute Gasteiger partial charge is 0.337 e. The van der Waals surface area contributed by atoms with Crippen LogP contribution in [0.4, 0.5) is 0 Å². The third-order valence-corrected chi connectivity index (χ3v) is 2.23. The first kappa shape index (κ1) is 6.85. The Balaban J connectivity index is 2.21. The van der Waals surface area contributed by atoms with Gasteiger partial charge < -0.3 is 9.88 Å². The Hall–Kier alpha value is -0.830. The Bertz CT molecular complexity index is 235. The van der Waals surface area contributed by atoms with Gasteiger partial charge in [0.25, 0.3) is 0 Å². The number of imidazole rings is 1. The lowest BCUT2D eigenvalue weighted by Gasteiger charge is -2.08. The van der Waals surface area contributed by atoms with Crippen molar-refractivity contribution in [3.63, 3.8) is 0 Å². The van der Waals surface area contributed by atoms with Gasteiger partial charge >= 0.3 is 0 Å². The fraction of sp³-hybridized carbons (Fsp3) is 0.625. The summed E-state index contributed by atoms with van der Waals surface area (Å²) in [7, 11) is 2.04. The highest BCUT2D eigenvalue weighted by Gasteiger charge is 2.18. The Kier molecular flexibility index (Phi) is 1.66. The van der Waals surface area contributed by atoms with Crippen molar-refractivity contribution in [2.24, 2.45) is 7.05 Å². The summed E-state index contributed by atoms with van der Waals surface area (Å²) in [4.78, 5) is 4.30. The van der Waals surface area contributed by atoms with Gasteiger partial charge in [-0.1, -0.05) is 0 Å². The lowest BCUT2D eigenvalue weighted by Crippen LogP contribution is -2.16. The maximum atomic E-state index is 4.30. The molecule has 1 aliphatic heterocycles. The van der Waals surface area contributed by atoms with E-state index in [1.165, 1.54) is 18.7 Å². The van der Waals surface area contributed by atoms with Crippen molar-refractivity contribution >= 4 is 0 Å². The lowest BCUT2D eigenvalue weighted by atomic mass is 10.2. The Morgan fingerprint density at radius 1 is 1.73 bits per heavy atom. The molecule has 0 saturated carbocycles. The molecule has 11 heavy (non-hydrogen) atoms. The van der Waals surface area contributed by atoms with Gasteiger partial charge in [0.1, 0.15) is 5.82 Å². The molecule has 1 atom stereocenters. The van der Waals surface area contributed by atoms with E-state index in [1.807, 2.05) is 19.4 Å². The highest BCUT2D eigenvalue weighted by atomic mass is 15.1. The van der Waals surface area contributed by atoms with Gasteiger partial charge in [-0.25, -0.2) is 4.98 Å². The van der Waals surface area contributed by atoms with Crippen molar-refractivity contribution in [3.05, 3.63) is 18.2 Å². The standard InChI is InChI=1S/C8H13N3/c1-11-6-5-10-8(11)7-3-2-4-9-7/h5-7,9H,2-4H2,1H3/t7-/m1/s1. The van der Waals surface area contributed by atoms with Gasteiger partial charge in [0.15, 0.2) is 0 Å². The topological polar surface area (TPSA) is 29.9 Å². The summed E-state index contributed by atoms with van der Waals surface area (Å²) in [5, 5.41) is 3.42. The molecule has 1 aliphatic rings. The minimum absolute atomic E-state index is 0.495. The number of nitrogens with zero attached hydrogens (tertiary/aromatic N) is 2. The summed E-state index contributed by atoms with van der Waals surface area (Å²) in [6, 6.07) is 0.495. The first-order valence-electron chi connectivity index (χ1n) is 4.08. The summed E-state index contributed by atoms with van der Waals surface area (Å²) >= 11 is 0. The van der Waals surface area contributed by atoms with E-state index in [-0.39, 0.29) is 0 Å². The molecule has 2 rings (SSSR count). The molecule has 1 aromatic rings. The highest BCUT2D eigenvalue weighted by Crippen LogP contribution is 2.20. The molecule has 3 heteroatoms. The molecule has 1 saturated heterocycles. The number of rotatable bonds is 1. The second-order valence-electron chi connectivity index (χ2n) is 3.05. The van der Waals surface area contributed by atoms with E-state index >= 15 is 0 Å². The maximum absolute atomic E-state index is 4.30. The molecule has 0 radical (unpaired) electrons. The minimum Gasteiger partial charge on any atom is -0.337 e. The van der Waals surface area contributed by atoms with Crippen LogP contribution in [0.15, 0.2) is 12.4 Å². The summed E-state index contributed by atoms with van der Waals surface area (Å²) in [5.74, 6) is 1.17. The van der Waals surface area contributed by atoms with Crippen molar-refractivity contribution in [2.45, 2.75) is 18.9 Å². The Morgan fingerprint density at radius 2 is 2.64 bits per heavy atom. The van der Waals surface area contributed by atoms with Gasteiger partial charge in [-0.15, -0.1) is 0 Å². The van der Waals surface area contributed by atoms with Crippen LogP contribution in [-0.4, -0.2) is 16.1 Å². The average molecular weight is 151 g/mol. The molecule has 0 bridgehead atoms. The van der Waals surface area contributed by atoms with Crippen LogP contribution in [0.5, 0.6) is 0 Å². The molecule has 1 fully saturated rings. The number of hydrogen-bond donors (Lipinski definition) is 1. The Morgan fingerprint density at radius 3 is 3.18 bits per heavy atom. The fourth-order valence-corrected chi connectivity index (χ4v) is 1.62. The molecule has 0 aliphatic carbocycles. The zero-order valence-corrected chi connectivity index (χ0v) is 6.75. The fourth-order valence-electron chi connectivity index (χ4n) is 1.62. The molecular formula is C8H13N3. The van der Waals surface area contributed by atoms with Crippen molar-refractivity contribution in [1.82, 2.24) is 14.9 Å². The monoisotopic (exact) mass is 151 g/mol. The van der Waals surface area contributed by atoms with E-state index < -0.39 is 0 Å². The predicted octanol–water partition coefficient (Wildman–Crippen LogP) is 0.845. The summed E-state index contributed by atoms with van der Waals surface area (Å²) in [5.41, 5.74) is 0. The van der Waals surface area contributed by atoms with Gasteiger partial charge in [-0.05, 0) is 19.4 Å². The summed E-state index contributed by atoms with van der Waals surface area (Å²) in [6.07, 6.45) is 6.35. The SMILES string of the molecule is Cn1ccnc1[C@H]1CCCN1. The number of aromatic nitrogens is 2. The van der Waals surface area contributed by atoms with Crippen LogP contribution < -0.4 is 5.32 Å². The molecule has 0 unspecified atom stereocenters. The molecule has 2 heterocycles. The van der Waals surface area contributed by atoms with E-state index in [0.29, 0.717) is 6.04 Å². The quantitative estimate of drug-likeness (QED) is 0.644. The van der Waals surface area contributed by atoms with Gasteiger partial charge in [-0.2, -0.15) is 0 Å². The predicted molar refractivity (Wildman–Crippen MR) is 43.2 cm³/mol. The van der Waals surface area contributed by atoms with Crippen molar-refractivity contribution in [1.29, 1.82) is 0 Å². The normalized spacial score (nSPS) is 24.3. The van der Waals surface area contributed by atoms with Crippen LogP contribution in [0, 0.1) is 0 Å². The van der Waals surface area contributed by atoms with Gasteiger partial charge in [0, 0.05) is 19.4 Å². The lowest BCUT2D eigenvalue weighted by molar-refractivity contribution is 0.580. The first-order chi connectivity index (χ1) is 5.38. The molecule has 0 amide bonds. The second-order valence-corrected chi connectivity index (χ2v) is 3.05. The molecular weight excluding hydrogens is 138 g/mol. The van der Waals surface area contributed by atoms with E-state index in [2.05, 4.69) is 14.9 Å². The third-order valence-electron chi connectivity index (χ3n) is 2.23. The van der Waals surface area contributed by atoms with Gasteiger partial charge in [0.05, 0.1) is 6.04 Å². The smallest absolute Gasteiger partial charge is 0.125 e. The molecule has 60 valence electrons. The third kappa shape index (κ3) is 1.16. The zero-order valence-electron chi connectivity index (χ0n) is 6.75. The van der Waals surface area contributed by atoms with Crippen LogP contribution in [0.3, 0.4) is 0 Å². The van der Waals surface area contributed by atoms with E-state index in [1.54, 1.807) is 0 Å². The zero-order chi connectivity index (χ0) is 7.68. The van der Waals surface area contributed by atoms with Crippen LogP contribution in [0.2, 0.25) is 0 Å². The second kappa shape index (κ2) is 2.66. The summed E-state index contributed by atoms with van der Waals surface area (Å²) < 4.78 is 2.09. The van der Waals surface area contributed by atoms with Gasteiger partial charge in [0.2, 0.25) is 0 Å². The van der Waals surface area contributed by atoms with E-state index in [0.717, 1.165) is 6.54 Å². The van der Waals surface area contributed by atoms with Crippen molar-refractivity contribution in [2.75, 3.05) is 6.54 Å². The van der Waals surface area contributed by atoms with Crippen LogP contribution in [0.25, 0.3) is 0 Å². The molecule has 1 N–H and O–H groups in total. The average Bonchev–Trinajstić information content (AvgIpc) is 2.55. The van der Waals surface area contributed by atoms with Crippen LogP contribution in [-0.2, 0) is 7.05 Å². The number of aryl methyl sites for hydroxylation is 1. The molecule has 0 spiro atoms. The van der Waals surface area contributed by atoms with Crippen molar-refractivity contribution < 1.29 is 0 Å². The van der Waals surface area contributed by atoms with Crippen LogP contribution >= 0.6 is 0 Å². The highest BCUT2D eigenvalue weighted by molar-refractivity contribution is 5.00. The Labute approximate surface area is 66.4 Å². The van der Waals surface area contributed by atoms with E-state index in [4.69, 9.17) is 0 Å². The first-order valence-corrected chi connectivity index (χ1v) is 4.08. The number of nitrogens with one attached hydrogen (secondary N) is 1. The molecule has 0 aromatic carbocycles. The van der Waals surface area contributed by atoms with Crippen LogP contribution in [0.1, 0.15) is 24.7 Å². The summed E-state index contributed by atoms with van der Waals surface area (Å²) in [6.45, 7) is 1.14. The minimum atomic E-state index is 0.495. The van der Waals surface area contributed by atoms with E-state index in [9.17, 15) is 0 Å². The van der Waals surface area contributed by atoms with Gasteiger partial charge in [-0.3, -0.25) is 0 Å². The molecule has 1 aromatic heterocycles. The van der Waals surface area contributed by atoms with Crippen molar-refractivity contribution in [3.8, 4) is 0 Å². The maximum Gasteiger partial charge on any atom is 0.125 e. The number of hydrogen-bond acceptors (Lipinski definition) is 2.